The average molecular weight is 353 g/mol. The third kappa shape index (κ3) is 3.91. The summed E-state index contributed by atoms with van der Waals surface area (Å²) >= 11 is 1.64. The predicted octanol–water partition coefficient (Wildman–Crippen LogP) is 3.30. The Kier molecular flexibility index (Phi) is 4.81. The molecule has 25 heavy (non-hydrogen) atoms. The van der Waals surface area contributed by atoms with Crippen molar-refractivity contribution >= 4 is 17.0 Å². The number of hydrogen-bond donors (Lipinski definition) is 1. The van der Waals surface area contributed by atoms with Gasteiger partial charge >= 0.3 is 0 Å². The van der Waals surface area contributed by atoms with Crippen LogP contribution < -0.4 is 10.2 Å². The number of nitrogens with zero attached hydrogens (tertiary/aromatic N) is 4. The first kappa shape index (κ1) is 16.3. The van der Waals surface area contributed by atoms with Crippen LogP contribution in [0.4, 0.5) is 5.69 Å². The smallest absolute Gasteiger partial charge is 0.0811 e. The topological polar surface area (TPSA) is 46.0 Å². The number of benzene rings is 1. The predicted molar refractivity (Wildman–Crippen MR) is 103 cm³/mol. The van der Waals surface area contributed by atoms with Crippen molar-refractivity contribution < 1.29 is 0 Å². The van der Waals surface area contributed by atoms with Gasteiger partial charge in [-0.15, -0.1) is 11.3 Å². The number of aryl methyl sites for hydroxylation is 1. The molecular weight excluding hydrogens is 330 g/mol. The third-order valence-corrected chi connectivity index (χ3v) is 5.40. The number of nitrogens with one attached hydrogen (secondary N) is 1. The van der Waals surface area contributed by atoms with Crippen molar-refractivity contribution in [1.82, 2.24) is 20.1 Å². The summed E-state index contributed by atoms with van der Waals surface area (Å²) in [5, 5.41) is 9.98. The highest BCUT2D eigenvalue weighted by molar-refractivity contribution is 7.07. The minimum atomic E-state index is 0.589. The lowest BCUT2D eigenvalue weighted by atomic mass is 10.0. The molecule has 3 heterocycles. The lowest BCUT2D eigenvalue weighted by Crippen LogP contribution is -2.42. The molecule has 0 bridgehead atoms. The van der Waals surface area contributed by atoms with Crippen LogP contribution in [-0.2, 0) is 13.6 Å². The molecular formula is C19H23N5S. The largest absolute Gasteiger partial charge is 0.371 e. The van der Waals surface area contributed by atoms with E-state index in [1.54, 1.807) is 11.3 Å². The van der Waals surface area contributed by atoms with E-state index in [0.29, 0.717) is 6.04 Å². The molecule has 3 aromatic rings. The molecule has 0 amide bonds. The lowest BCUT2D eigenvalue weighted by molar-refractivity contribution is 0.414. The van der Waals surface area contributed by atoms with Crippen LogP contribution in [0.2, 0.25) is 0 Å². The van der Waals surface area contributed by atoms with Gasteiger partial charge in [0.2, 0.25) is 0 Å². The highest BCUT2D eigenvalue weighted by Crippen LogP contribution is 2.25. The van der Waals surface area contributed by atoms with Crippen molar-refractivity contribution in [2.24, 2.45) is 7.05 Å². The van der Waals surface area contributed by atoms with Crippen molar-refractivity contribution in [2.75, 3.05) is 18.0 Å². The zero-order valence-electron chi connectivity index (χ0n) is 14.4. The first-order valence-electron chi connectivity index (χ1n) is 8.72. The second-order valence-corrected chi connectivity index (χ2v) is 7.30. The second kappa shape index (κ2) is 7.37. The summed E-state index contributed by atoms with van der Waals surface area (Å²) < 4.78 is 1.86. The lowest BCUT2D eigenvalue weighted by Gasteiger charge is -2.34. The van der Waals surface area contributed by atoms with Crippen molar-refractivity contribution in [3.63, 3.8) is 0 Å². The maximum Gasteiger partial charge on any atom is 0.0811 e. The molecule has 0 radical (unpaired) electrons. The Morgan fingerprint density at radius 1 is 1.20 bits per heavy atom. The van der Waals surface area contributed by atoms with Gasteiger partial charge in [-0.1, -0.05) is 12.1 Å². The normalized spacial score (nSPS) is 15.6. The fourth-order valence-corrected chi connectivity index (χ4v) is 3.93. The van der Waals surface area contributed by atoms with Gasteiger partial charge in [0.15, 0.2) is 0 Å². The summed E-state index contributed by atoms with van der Waals surface area (Å²) in [5.74, 6) is 0. The number of piperidine rings is 1. The van der Waals surface area contributed by atoms with Crippen LogP contribution in [0.25, 0.3) is 11.3 Å². The summed E-state index contributed by atoms with van der Waals surface area (Å²) in [7, 11) is 1.96. The van der Waals surface area contributed by atoms with Gasteiger partial charge in [-0.25, -0.2) is 4.98 Å². The summed E-state index contributed by atoms with van der Waals surface area (Å²) in [6.07, 6.45) is 6.36. The molecule has 1 aliphatic rings. The Morgan fingerprint density at radius 3 is 2.64 bits per heavy atom. The molecule has 1 N–H and O–H groups in total. The number of rotatable bonds is 5. The molecule has 1 aromatic carbocycles. The molecule has 1 aliphatic heterocycles. The minimum absolute atomic E-state index is 0.589. The third-order valence-electron chi connectivity index (χ3n) is 4.81. The van der Waals surface area contributed by atoms with E-state index in [0.717, 1.165) is 25.3 Å². The molecule has 0 aliphatic carbocycles. The van der Waals surface area contributed by atoms with Gasteiger partial charge in [0.1, 0.15) is 0 Å². The van der Waals surface area contributed by atoms with Crippen molar-refractivity contribution in [1.29, 1.82) is 0 Å². The summed E-state index contributed by atoms with van der Waals surface area (Å²) in [6, 6.07) is 9.38. The van der Waals surface area contributed by atoms with Crippen molar-refractivity contribution in [3.05, 3.63) is 53.1 Å². The van der Waals surface area contributed by atoms with Gasteiger partial charge in [-0.3, -0.25) is 4.68 Å². The van der Waals surface area contributed by atoms with Gasteiger partial charge in [-0.2, -0.15) is 5.10 Å². The van der Waals surface area contributed by atoms with Gasteiger partial charge < -0.3 is 10.2 Å². The maximum atomic E-state index is 4.38. The molecule has 130 valence electrons. The molecule has 2 aromatic heterocycles. The molecule has 0 saturated carbocycles. The minimum Gasteiger partial charge on any atom is -0.371 e. The Labute approximate surface area is 152 Å². The van der Waals surface area contributed by atoms with E-state index in [-0.39, 0.29) is 0 Å². The first-order valence-corrected chi connectivity index (χ1v) is 9.67. The van der Waals surface area contributed by atoms with E-state index < -0.39 is 0 Å². The van der Waals surface area contributed by atoms with E-state index in [1.165, 1.54) is 29.7 Å². The van der Waals surface area contributed by atoms with E-state index in [9.17, 15) is 0 Å². The van der Waals surface area contributed by atoms with Gasteiger partial charge in [0.25, 0.3) is 0 Å². The highest BCUT2D eigenvalue weighted by atomic mass is 32.1. The quantitative estimate of drug-likeness (QED) is 0.764. The first-order chi connectivity index (χ1) is 12.3. The Morgan fingerprint density at radius 2 is 2.00 bits per heavy atom. The molecule has 0 atom stereocenters. The second-order valence-electron chi connectivity index (χ2n) is 6.59. The number of anilines is 1. The number of thiazole rings is 1. The monoisotopic (exact) mass is 353 g/mol. The standard InChI is InChI=1S/C19H23N5S/c1-23-12-15(11-22-23)10-20-17-6-8-24(9-7-17)18-4-2-16(3-5-18)19-13-25-14-21-19/h2-5,11-14,17,20H,6-10H2,1H3. The fraction of sp³-hybridized carbons (Fsp3) is 0.368. The highest BCUT2D eigenvalue weighted by Gasteiger charge is 2.19. The Hall–Kier alpha value is -2.18. The maximum absolute atomic E-state index is 4.38. The van der Waals surface area contributed by atoms with E-state index in [1.807, 2.05) is 23.4 Å². The summed E-state index contributed by atoms with van der Waals surface area (Å²) in [4.78, 5) is 6.86. The van der Waals surface area contributed by atoms with Gasteiger partial charge in [-0.05, 0) is 25.0 Å². The van der Waals surface area contributed by atoms with Crippen LogP contribution in [0.1, 0.15) is 18.4 Å². The fourth-order valence-electron chi connectivity index (χ4n) is 3.37. The molecule has 5 nitrogen and oxygen atoms in total. The van der Waals surface area contributed by atoms with Crippen LogP contribution in [0.5, 0.6) is 0 Å². The summed E-state index contributed by atoms with van der Waals surface area (Å²) in [6.45, 7) is 3.10. The van der Waals surface area contributed by atoms with E-state index in [2.05, 4.69) is 56.1 Å². The van der Waals surface area contributed by atoms with Gasteiger partial charge in [0, 0.05) is 61.1 Å². The van der Waals surface area contributed by atoms with E-state index in [4.69, 9.17) is 0 Å². The molecule has 4 rings (SSSR count). The average Bonchev–Trinajstić information content (AvgIpc) is 3.32. The molecule has 6 heteroatoms. The Balaban J connectivity index is 1.29. The number of hydrogen-bond acceptors (Lipinski definition) is 5. The van der Waals surface area contributed by atoms with Crippen molar-refractivity contribution in [3.8, 4) is 11.3 Å². The van der Waals surface area contributed by atoms with Crippen LogP contribution in [0.15, 0.2) is 47.5 Å². The molecule has 1 saturated heterocycles. The van der Waals surface area contributed by atoms with Crippen molar-refractivity contribution in [2.45, 2.75) is 25.4 Å². The van der Waals surface area contributed by atoms with Crippen LogP contribution in [0.3, 0.4) is 0 Å². The van der Waals surface area contributed by atoms with Crippen LogP contribution in [0, 0.1) is 0 Å². The molecule has 0 unspecified atom stereocenters. The molecule has 1 fully saturated rings. The van der Waals surface area contributed by atoms with Crippen LogP contribution >= 0.6 is 11.3 Å². The zero-order chi connectivity index (χ0) is 17.1. The Bertz CT molecular complexity index is 786. The zero-order valence-corrected chi connectivity index (χ0v) is 15.2. The molecule has 0 spiro atoms. The SMILES string of the molecule is Cn1cc(CNC2CCN(c3ccc(-c4cscn4)cc3)CC2)cn1. The van der Waals surface area contributed by atoms with Crippen LogP contribution in [-0.4, -0.2) is 33.9 Å². The number of aromatic nitrogens is 3. The summed E-state index contributed by atoms with van der Waals surface area (Å²) in [5.41, 5.74) is 6.70. The van der Waals surface area contributed by atoms with E-state index >= 15 is 0 Å². The van der Waals surface area contributed by atoms with Gasteiger partial charge in [0.05, 0.1) is 17.4 Å².